The van der Waals surface area contributed by atoms with Gasteiger partial charge in [-0.25, -0.2) is 13.1 Å². The maximum Gasteiger partial charge on any atom is 0.257 e. The highest BCUT2D eigenvalue weighted by Gasteiger charge is 2.45. The number of sulfonamides is 1. The predicted octanol–water partition coefficient (Wildman–Crippen LogP) is 0.454. The minimum atomic E-state index is -3.48. The van der Waals surface area contributed by atoms with Crippen LogP contribution in [-0.4, -0.2) is 32.2 Å². The van der Waals surface area contributed by atoms with Crippen molar-refractivity contribution in [3.63, 3.8) is 0 Å². The molecule has 0 aliphatic heterocycles. The second-order valence-electron chi connectivity index (χ2n) is 5.50. The maximum atomic E-state index is 12.1. The van der Waals surface area contributed by atoms with Crippen LogP contribution in [0, 0.1) is 11.3 Å². The van der Waals surface area contributed by atoms with E-state index < -0.39 is 10.0 Å². The lowest BCUT2D eigenvalue weighted by Crippen LogP contribution is -2.28. The van der Waals surface area contributed by atoms with Crippen molar-refractivity contribution in [2.45, 2.75) is 31.8 Å². The van der Waals surface area contributed by atoms with Crippen molar-refractivity contribution in [1.82, 2.24) is 20.2 Å². The zero-order chi connectivity index (χ0) is 13.4. The van der Waals surface area contributed by atoms with Gasteiger partial charge in [-0.15, -0.1) is 0 Å². The summed E-state index contributed by atoms with van der Waals surface area (Å²) in [5.74, 6) is 0.433. The van der Waals surface area contributed by atoms with E-state index in [0.29, 0.717) is 24.6 Å². The normalized spacial score (nSPS) is 22.1. The average molecular weight is 272 g/mol. The molecule has 1 aliphatic rings. The number of nitrogens with zero attached hydrogens (tertiary/aromatic N) is 1. The molecular formula is C11H20N4O2S. The van der Waals surface area contributed by atoms with Gasteiger partial charge in [0.05, 0.1) is 6.20 Å². The van der Waals surface area contributed by atoms with Gasteiger partial charge in [-0.05, 0) is 24.8 Å². The van der Waals surface area contributed by atoms with Crippen LogP contribution in [0.4, 0.5) is 0 Å². The molecule has 1 saturated carbocycles. The summed E-state index contributed by atoms with van der Waals surface area (Å²) in [4.78, 5) is 0. The second kappa shape index (κ2) is 4.64. The minimum Gasteiger partial charge on any atom is -0.316 e. The molecule has 0 aromatic carbocycles. The highest BCUT2D eigenvalue weighted by Crippen LogP contribution is 2.51. The Kier molecular flexibility index (Phi) is 3.48. The summed E-state index contributed by atoms with van der Waals surface area (Å²) in [5.41, 5.74) is 0.921. The Labute approximate surface area is 108 Å². The highest BCUT2D eigenvalue weighted by molar-refractivity contribution is 7.89. The van der Waals surface area contributed by atoms with E-state index in [0.717, 1.165) is 6.42 Å². The first-order valence-corrected chi connectivity index (χ1v) is 7.51. The van der Waals surface area contributed by atoms with E-state index >= 15 is 0 Å². The van der Waals surface area contributed by atoms with E-state index in [1.807, 2.05) is 0 Å². The van der Waals surface area contributed by atoms with Crippen molar-refractivity contribution in [3.8, 4) is 0 Å². The summed E-state index contributed by atoms with van der Waals surface area (Å²) in [6.07, 6.45) is 2.61. The SMILES string of the molecule is CNCc1cn[nH]c1S(=O)(=O)NCC1CC1(C)C. The zero-order valence-electron chi connectivity index (χ0n) is 10.9. The highest BCUT2D eigenvalue weighted by atomic mass is 32.2. The molecular weight excluding hydrogens is 252 g/mol. The summed E-state index contributed by atoms with van der Waals surface area (Å²) in [5, 5.41) is 9.43. The third-order valence-corrected chi connectivity index (χ3v) is 4.99. The first-order chi connectivity index (χ1) is 8.37. The van der Waals surface area contributed by atoms with Crippen LogP contribution in [0.3, 0.4) is 0 Å². The molecule has 0 spiro atoms. The molecule has 1 atom stereocenters. The Balaban J connectivity index is 2.04. The number of aromatic amines is 1. The first kappa shape index (κ1) is 13.5. The van der Waals surface area contributed by atoms with Crippen LogP contribution in [-0.2, 0) is 16.6 Å². The molecule has 1 unspecified atom stereocenters. The Morgan fingerprint density at radius 2 is 2.22 bits per heavy atom. The molecule has 1 fully saturated rings. The maximum absolute atomic E-state index is 12.1. The molecule has 18 heavy (non-hydrogen) atoms. The molecule has 1 aliphatic carbocycles. The third kappa shape index (κ3) is 2.73. The molecule has 1 aromatic rings. The number of rotatable bonds is 6. The molecule has 6 nitrogen and oxygen atoms in total. The van der Waals surface area contributed by atoms with E-state index in [1.165, 1.54) is 6.20 Å². The van der Waals surface area contributed by atoms with Gasteiger partial charge < -0.3 is 5.32 Å². The lowest BCUT2D eigenvalue weighted by atomic mass is 10.1. The van der Waals surface area contributed by atoms with Crippen LogP contribution >= 0.6 is 0 Å². The molecule has 7 heteroatoms. The van der Waals surface area contributed by atoms with Gasteiger partial charge in [-0.1, -0.05) is 13.8 Å². The van der Waals surface area contributed by atoms with Crippen LogP contribution in [0.2, 0.25) is 0 Å². The summed E-state index contributed by atoms with van der Waals surface area (Å²) in [6.45, 7) is 5.26. The van der Waals surface area contributed by atoms with Crippen molar-refractivity contribution in [2.24, 2.45) is 11.3 Å². The van der Waals surface area contributed by atoms with Crippen molar-refractivity contribution in [3.05, 3.63) is 11.8 Å². The standard InChI is InChI=1S/C11H20N4O2S/c1-11(2)4-9(11)7-14-18(16,17)10-8(5-12-3)6-13-15-10/h6,9,12,14H,4-5,7H2,1-3H3,(H,13,15). The van der Waals surface area contributed by atoms with Gasteiger partial charge in [0, 0.05) is 18.7 Å². The van der Waals surface area contributed by atoms with Crippen molar-refractivity contribution >= 4 is 10.0 Å². The molecule has 102 valence electrons. The molecule has 0 saturated heterocycles. The van der Waals surface area contributed by atoms with Gasteiger partial charge in [0.2, 0.25) is 0 Å². The Morgan fingerprint density at radius 3 is 2.78 bits per heavy atom. The van der Waals surface area contributed by atoms with Crippen molar-refractivity contribution in [1.29, 1.82) is 0 Å². The molecule has 0 radical (unpaired) electrons. The van der Waals surface area contributed by atoms with Gasteiger partial charge in [0.15, 0.2) is 5.03 Å². The summed E-state index contributed by atoms with van der Waals surface area (Å²) in [6, 6.07) is 0. The summed E-state index contributed by atoms with van der Waals surface area (Å²) >= 11 is 0. The van der Waals surface area contributed by atoms with Gasteiger partial charge >= 0.3 is 0 Å². The monoisotopic (exact) mass is 272 g/mol. The Morgan fingerprint density at radius 1 is 1.56 bits per heavy atom. The van der Waals surface area contributed by atoms with Gasteiger partial charge in [-0.3, -0.25) is 5.10 Å². The van der Waals surface area contributed by atoms with E-state index in [4.69, 9.17) is 0 Å². The minimum absolute atomic E-state index is 0.162. The molecule has 1 aromatic heterocycles. The van der Waals surface area contributed by atoms with E-state index in [9.17, 15) is 8.42 Å². The fourth-order valence-corrected chi connectivity index (χ4v) is 3.26. The largest absolute Gasteiger partial charge is 0.316 e. The van der Waals surface area contributed by atoms with Crippen LogP contribution in [0.5, 0.6) is 0 Å². The Hall–Kier alpha value is -0.920. The number of H-pyrrole nitrogens is 1. The van der Waals surface area contributed by atoms with Crippen LogP contribution in [0.25, 0.3) is 0 Å². The van der Waals surface area contributed by atoms with Crippen molar-refractivity contribution < 1.29 is 8.42 Å². The summed E-state index contributed by atoms with van der Waals surface area (Å²) in [7, 11) is -1.72. The molecule has 2 rings (SSSR count). The fourth-order valence-electron chi connectivity index (χ4n) is 2.06. The van der Waals surface area contributed by atoms with Crippen molar-refractivity contribution in [2.75, 3.05) is 13.6 Å². The smallest absolute Gasteiger partial charge is 0.257 e. The quantitative estimate of drug-likeness (QED) is 0.702. The lowest BCUT2D eigenvalue weighted by molar-refractivity contribution is 0.535. The van der Waals surface area contributed by atoms with E-state index in [2.05, 4.69) is 34.1 Å². The van der Waals surface area contributed by atoms with Crippen LogP contribution in [0.1, 0.15) is 25.8 Å². The molecule has 0 amide bonds. The lowest BCUT2D eigenvalue weighted by Gasteiger charge is -2.08. The Bertz CT molecular complexity index is 521. The molecule has 0 bridgehead atoms. The molecule has 1 heterocycles. The zero-order valence-corrected chi connectivity index (χ0v) is 11.8. The number of aromatic nitrogens is 2. The third-order valence-electron chi connectivity index (χ3n) is 3.55. The van der Waals surface area contributed by atoms with E-state index in [-0.39, 0.29) is 10.4 Å². The second-order valence-corrected chi connectivity index (χ2v) is 7.20. The van der Waals surface area contributed by atoms with Gasteiger partial charge in [0.25, 0.3) is 10.0 Å². The fraction of sp³-hybridized carbons (Fsp3) is 0.727. The molecule has 3 N–H and O–H groups in total. The average Bonchev–Trinajstić information content (AvgIpc) is 2.71. The summed E-state index contributed by atoms with van der Waals surface area (Å²) < 4.78 is 26.9. The van der Waals surface area contributed by atoms with Crippen LogP contribution in [0.15, 0.2) is 11.2 Å². The first-order valence-electron chi connectivity index (χ1n) is 6.03. The topological polar surface area (TPSA) is 86.9 Å². The number of hydrogen-bond acceptors (Lipinski definition) is 4. The van der Waals surface area contributed by atoms with Gasteiger partial charge in [0.1, 0.15) is 0 Å². The predicted molar refractivity (Wildman–Crippen MR) is 68.4 cm³/mol. The number of nitrogens with one attached hydrogen (secondary N) is 3. The number of hydrogen-bond donors (Lipinski definition) is 3. The van der Waals surface area contributed by atoms with E-state index in [1.54, 1.807) is 7.05 Å². The van der Waals surface area contributed by atoms with Gasteiger partial charge in [-0.2, -0.15) is 5.10 Å². The van der Waals surface area contributed by atoms with Crippen LogP contribution < -0.4 is 10.0 Å².